The first-order chi connectivity index (χ1) is 4.00. The average molecular weight is 110 g/mol. The monoisotopic (exact) mass is 110 g/mol. The fourth-order valence-electron chi connectivity index (χ4n) is 0.589. The van der Waals surface area contributed by atoms with Crippen LogP contribution in [0.3, 0.4) is 0 Å². The van der Waals surface area contributed by atoms with Crippen molar-refractivity contribution >= 4 is 0 Å². The summed E-state index contributed by atoms with van der Waals surface area (Å²) in [6.07, 6.45) is 13.0. The van der Waals surface area contributed by atoms with Crippen LogP contribution in [-0.2, 0) is 0 Å². The fraction of sp³-hybridized carbons (Fsp3) is 0.750. The Labute approximate surface area is 51.6 Å². The summed E-state index contributed by atoms with van der Waals surface area (Å²) in [4.78, 5) is 0. The Morgan fingerprint density at radius 2 is 1.12 bits per heavy atom. The number of allylic oxidation sites excluding steroid dienone is 2. The van der Waals surface area contributed by atoms with Crippen molar-refractivity contribution in [3.05, 3.63) is 12.2 Å². The van der Waals surface area contributed by atoms with Crippen LogP contribution < -0.4 is 0 Å². The molecule has 0 saturated heterocycles. The Hall–Kier alpha value is -0.260. The Morgan fingerprint density at radius 1 is 0.625 bits per heavy atom. The zero-order valence-electron chi connectivity index (χ0n) is 5.40. The first kappa shape index (κ1) is 5.87. The lowest BCUT2D eigenvalue weighted by atomic mass is 10.4. The minimum absolute atomic E-state index is 1.32. The van der Waals surface area contributed by atoms with E-state index in [2.05, 4.69) is 12.2 Å². The lowest BCUT2D eigenvalue weighted by Gasteiger charge is -1.69. The zero-order valence-corrected chi connectivity index (χ0v) is 5.40. The van der Waals surface area contributed by atoms with Crippen LogP contribution in [0.5, 0.6) is 0 Å². The molecule has 0 aliphatic heterocycles. The summed E-state index contributed by atoms with van der Waals surface area (Å²) in [5.74, 6) is 0. The number of hydrogen-bond acceptors (Lipinski definition) is 0. The van der Waals surface area contributed by atoms with E-state index in [-0.39, 0.29) is 0 Å². The van der Waals surface area contributed by atoms with Crippen molar-refractivity contribution in [1.29, 1.82) is 0 Å². The van der Waals surface area contributed by atoms with Gasteiger partial charge in [0.15, 0.2) is 0 Å². The van der Waals surface area contributed by atoms with Crippen molar-refractivity contribution in [2.75, 3.05) is 0 Å². The lowest BCUT2D eigenvalue weighted by Crippen LogP contribution is -1.50. The van der Waals surface area contributed by atoms with Crippen molar-refractivity contribution in [3.63, 3.8) is 0 Å². The van der Waals surface area contributed by atoms with Gasteiger partial charge in [-0.2, -0.15) is 0 Å². The topological polar surface area (TPSA) is 0 Å². The second-order valence-corrected chi connectivity index (χ2v) is 2.46. The molecule has 0 heteroatoms. The predicted molar refractivity (Wildman–Crippen MR) is 36.8 cm³/mol. The van der Waals surface area contributed by atoms with Gasteiger partial charge in [0, 0.05) is 0 Å². The van der Waals surface area contributed by atoms with E-state index in [0.717, 1.165) is 0 Å². The summed E-state index contributed by atoms with van der Waals surface area (Å²) >= 11 is 0. The van der Waals surface area contributed by atoms with Crippen molar-refractivity contribution in [2.24, 2.45) is 0 Å². The minimum Gasteiger partial charge on any atom is -0.0885 e. The summed E-state index contributed by atoms with van der Waals surface area (Å²) in [6, 6.07) is 0. The first-order valence-electron chi connectivity index (χ1n) is 3.65. The highest BCUT2D eigenvalue weighted by atomic mass is 14.0. The van der Waals surface area contributed by atoms with E-state index in [1.165, 1.54) is 38.5 Å². The highest BCUT2D eigenvalue weighted by Crippen LogP contribution is 2.14. The van der Waals surface area contributed by atoms with Gasteiger partial charge in [-0.15, -0.1) is 0 Å². The van der Waals surface area contributed by atoms with Crippen molar-refractivity contribution < 1.29 is 0 Å². The van der Waals surface area contributed by atoms with Crippen LogP contribution >= 0.6 is 0 Å². The van der Waals surface area contributed by atoms with E-state index in [0.29, 0.717) is 0 Å². The Kier molecular flexibility index (Phi) is 2.72. The molecule has 0 aromatic rings. The summed E-state index contributed by atoms with van der Waals surface area (Å²) in [6.45, 7) is 0. The summed E-state index contributed by atoms with van der Waals surface area (Å²) < 4.78 is 0. The summed E-state index contributed by atoms with van der Waals surface area (Å²) in [7, 11) is 0. The van der Waals surface area contributed by atoms with Gasteiger partial charge in [0.1, 0.15) is 0 Å². The van der Waals surface area contributed by atoms with Crippen molar-refractivity contribution in [1.82, 2.24) is 0 Å². The third-order valence-electron chi connectivity index (χ3n) is 1.26. The van der Waals surface area contributed by atoms with Crippen molar-refractivity contribution in [2.45, 2.75) is 38.5 Å². The Balaban J connectivity index is 0.0000000907. The molecule has 0 aromatic carbocycles. The van der Waals surface area contributed by atoms with E-state index in [1.54, 1.807) is 0 Å². The normalized spacial score (nSPS) is 22.0. The number of hydrogen-bond donors (Lipinski definition) is 0. The number of rotatable bonds is 0. The molecule has 0 atom stereocenters. The van der Waals surface area contributed by atoms with Gasteiger partial charge in [-0.1, -0.05) is 31.4 Å². The molecule has 0 amide bonds. The van der Waals surface area contributed by atoms with Crippen LogP contribution in [-0.4, -0.2) is 0 Å². The third kappa shape index (κ3) is 3.91. The van der Waals surface area contributed by atoms with Crippen LogP contribution in [0.15, 0.2) is 12.2 Å². The van der Waals surface area contributed by atoms with E-state index in [9.17, 15) is 0 Å². The summed E-state index contributed by atoms with van der Waals surface area (Å²) in [5.41, 5.74) is 0. The van der Waals surface area contributed by atoms with Gasteiger partial charge in [0.05, 0.1) is 0 Å². The van der Waals surface area contributed by atoms with Gasteiger partial charge in [0.2, 0.25) is 0 Å². The molecular weight excluding hydrogens is 96.1 g/mol. The maximum atomic E-state index is 2.24. The molecule has 46 valence electrons. The molecule has 0 unspecified atom stereocenters. The molecule has 0 nitrogen and oxygen atoms in total. The summed E-state index contributed by atoms with van der Waals surface area (Å²) in [5, 5.41) is 0. The Bertz CT molecular complexity index is 61.4. The highest BCUT2D eigenvalue weighted by molar-refractivity contribution is 4.88. The van der Waals surface area contributed by atoms with E-state index in [1.807, 2.05) is 0 Å². The molecule has 1 saturated carbocycles. The van der Waals surface area contributed by atoms with Crippen molar-refractivity contribution in [3.8, 4) is 0 Å². The molecule has 2 aliphatic rings. The Morgan fingerprint density at radius 3 is 1.25 bits per heavy atom. The van der Waals surface area contributed by atoms with Crippen LogP contribution in [0.25, 0.3) is 0 Å². The molecule has 0 aromatic heterocycles. The smallest absolute Gasteiger partial charge is 0.0348 e. The molecule has 2 aliphatic carbocycles. The second-order valence-electron chi connectivity index (χ2n) is 2.46. The van der Waals surface area contributed by atoms with Crippen LogP contribution in [0.4, 0.5) is 0 Å². The van der Waals surface area contributed by atoms with E-state index >= 15 is 0 Å². The average Bonchev–Trinajstić information content (AvgIpc) is 2.55. The lowest BCUT2D eigenvalue weighted by molar-refractivity contribution is 0.929. The molecule has 0 bridgehead atoms. The van der Waals surface area contributed by atoms with Gasteiger partial charge in [0.25, 0.3) is 0 Å². The van der Waals surface area contributed by atoms with E-state index in [4.69, 9.17) is 0 Å². The van der Waals surface area contributed by atoms with Gasteiger partial charge in [-0.25, -0.2) is 0 Å². The van der Waals surface area contributed by atoms with Gasteiger partial charge in [-0.05, 0) is 19.3 Å². The molecule has 0 spiro atoms. The molecule has 0 N–H and O–H groups in total. The largest absolute Gasteiger partial charge is 0.0885 e. The quantitative estimate of drug-likeness (QED) is 0.420. The molecule has 1 fully saturated rings. The fourth-order valence-corrected chi connectivity index (χ4v) is 0.589. The predicted octanol–water partition coefficient (Wildman–Crippen LogP) is 2.90. The highest BCUT2D eigenvalue weighted by Gasteiger charge is 1.95. The second kappa shape index (κ2) is 3.71. The van der Waals surface area contributed by atoms with Gasteiger partial charge >= 0.3 is 0 Å². The third-order valence-corrected chi connectivity index (χ3v) is 1.26. The van der Waals surface area contributed by atoms with Gasteiger partial charge < -0.3 is 0 Å². The maximum Gasteiger partial charge on any atom is -0.0348 e. The van der Waals surface area contributed by atoms with Crippen LogP contribution in [0.2, 0.25) is 0 Å². The van der Waals surface area contributed by atoms with Gasteiger partial charge in [-0.3, -0.25) is 0 Å². The molecule has 0 radical (unpaired) electrons. The first-order valence-corrected chi connectivity index (χ1v) is 3.65. The minimum atomic E-state index is 1.32. The standard InChI is InChI=1S/C5H8.C3H6/c1-2-4-5-3-1;1-2-3-1/h1-2H,3-5H2;1-3H2. The molecular formula is C8H14. The maximum absolute atomic E-state index is 2.24. The van der Waals surface area contributed by atoms with E-state index < -0.39 is 0 Å². The SMILES string of the molecule is C1=CCCC1.C1CC1. The molecule has 8 heavy (non-hydrogen) atoms. The zero-order chi connectivity index (χ0) is 5.66. The molecule has 2 rings (SSSR count). The molecule has 0 heterocycles. The van der Waals surface area contributed by atoms with Crippen LogP contribution in [0.1, 0.15) is 38.5 Å². The van der Waals surface area contributed by atoms with Crippen LogP contribution in [0, 0.1) is 0 Å².